The first-order valence-corrected chi connectivity index (χ1v) is 10.2. The standard InChI is InChI=1S/C20H22FN3O2S/c1-14-17(27-13-22-14)18(25)23-10-2-8-20(12-23)9-3-11-24(19(20)26)16-6-4-15(21)5-7-16/h4-7,13H,2-3,8-12H2,1H3. The maximum absolute atomic E-state index is 13.4. The molecule has 2 aromatic rings. The Morgan fingerprint density at radius 3 is 2.56 bits per heavy atom. The van der Waals surface area contributed by atoms with Gasteiger partial charge in [0.15, 0.2) is 0 Å². The number of halogens is 1. The number of benzene rings is 1. The Labute approximate surface area is 161 Å². The lowest BCUT2D eigenvalue weighted by molar-refractivity contribution is -0.133. The summed E-state index contributed by atoms with van der Waals surface area (Å²) in [5.41, 5.74) is 2.61. The number of rotatable bonds is 2. The molecule has 2 fully saturated rings. The zero-order chi connectivity index (χ0) is 19.0. The first-order valence-electron chi connectivity index (χ1n) is 9.27. The summed E-state index contributed by atoms with van der Waals surface area (Å²) in [6, 6.07) is 6.07. The molecule has 2 amide bonds. The largest absolute Gasteiger partial charge is 0.337 e. The first-order chi connectivity index (χ1) is 13.0. The molecular weight excluding hydrogens is 365 g/mol. The van der Waals surface area contributed by atoms with Crippen LogP contribution in [-0.2, 0) is 4.79 Å². The van der Waals surface area contributed by atoms with E-state index < -0.39 is 5.41 Å². The highest BCUT2D eigenvalue weighted by molar-refractivity contribution is 7.11. The number of aromatic nitrogens is 1. The normalized spacial score (nSPS) is 23.1. The van der Waals surface area contributed by atoms with Crippen LogP contribution in [0.4, 0.5) is 10.1 Å². The van der Waals surface area contributed by atoms with E-state index in [1.54, 1.807) is 22.5 Å². The minimum Gasteiger partial charge on any atom is -0.337 e. The van der Waals surface area contributed by atoms with Crippen molar-refractivity contribution in [3.8, 4) is 0 Å². The lowest BCUT2D eigenvalue weighted by Gasteiger charge is -2.47. The van der Waals surface area contributed by atoms with Crippen LogP contribution >= 0.6 is 11.3 Å². The van der Waals surface area contributed by atoms with Crippen LogP contribution in [0, 0.1) is 18.2 Å². The first kappa shape index (κ1) is 18.1. The van der Waals surface area contributed by atoms with Gasteiger partial charge in [-0.2, -0.15) is 0 Å². The molecule has 5 nitrogen and oxygen atoms in total. The summed E-state index contributed by atoms with van der Waals surface area (Å²) in [5, 5.41) is 0. The molecule has 4 rings (SSSR count). The molecule has 1 aromatic heterocycles. The molecule has 1 unspecified atom stereocenters. The van der Waals surface area contributed by atoms with Gasteiger partial charge in [0.2, 0.25) is 5.91 Å². The van der Waals surface area contributed by atoms with Gasteiger partial charge in [-0.15, -0.1) is 11.3 Å². The fraction of sp³-hybridized carbons (Fsp3) is 0.450. The highest BCUT2D eigenvalue weighted by Crippen LogP contribution is 2.41. The Bertz CT molecular complexity index is 862. The third-order valence-electron chi connectivity index (χ3n) is 5.68. The van der Waals surface area contributed by atoms with Crippen LogP contribution in [0.2, 0.25) is 0 Å². The highest BCUT2D eigenvalue weighted by Gasteiger charge is 2.47. The molecule has 2 saturated heterocycles. The minimum absolute atomic E-state index is 0.0271. The van der Waals surface area contributed by atoms with Crippen molar-refractivity contribution in [2.24, 2.45) is 5.41 Å². The van der Waals surface area contributed by atoms with Crippen LogP contribution in [0.1, 0.15) is 41.0 Å². The summed E-state index contributed by atoms with van der Waals surface area (Å²) >= 11 is 1.35. The van der Waals surface area contributed by atoms with Crippen molar-refractivity contribution in [2.45, 2.75) is 32.6 Å². The molecule has 0 aliphatic carbocycles. The van der Waals surface area contributed by atoms with E-state index in [2.05, 4.69) is 4.98 Å². The molecule has 1 spiro atoms. The molecule has 0 N–H and O–H groups in total. The van der Waals surface area contributed by atoms with Crippen molar-refractivity contribution >= 4 is 28.8 Å². The van der Waals surface area contributed by atoms with Gasteiger partial charge in [-0.25, -0.2) is 9.37 Å². The zero-order valence-electron chi connectivity index (χ0n) is 15.3. The van der Waals surface area contributed by atoms with Crippen molar-refractivity contribution in [3.05, 3.63) is 46.2 Å². The lowest BCUT2D eigenvalue weighted by Crippen LogP contribution is -2.57. The predicted molar refractivity (Wildman–Crippen MR) is 102 cm³/mol. The molecule has 27 heavy (non-hydrogen) atoms. The number of likely N-dealkylation sites (tertiary alicyclic amines) is 1. The molecule has 3 heterocycles. The summed E-state index contributed by atoms with van der Waals surface area (Å²) in [5.74, 6) is -0.285. The van der Waals surface area contributed by atoms with Crippen LogP contribution in [0.3, 0.4) is 0 Å². The summed E-state index contributed by atoms with van der Waals surface area (Å²) in [7, 11) is 0. The number of thiazole rings is 1. The van der Waals surface area contributed by atoms with Crippen molar-refractivity contribution < 1.29 is 14.0 Å². The van der Waals surface area contributed by atoms with Crippen LogP contribution in [0.25, 0.3) is 0 Å². The summed E-state index contributed by atoms with van der Waals surface area (Å²) < 4.78 is 13.3. The average molecular weight is 387 g/mol. The summed E-state index contributed by atoms with van der Waals surface area (Å²) in [4.78, 5) is 34.7. The van der Waals surface area contributed by atoms with E-state index in [9.17, 15) is 14.0 Å². The molecular formula is C20H22FN3O2S. The number of carbonyl (C=O) groups is 2. The van der Waals surface area contributed by atoms with Gasteiger partial charge in [0.05, 0.1) is 16.6 Å². The zero-order valence-corrected chi connectivity index (χ0v) is 16.1. The van der Waals surface area contributed by atoms with Crippen LogP contribution in [-0.4, -0.2) is 41.3 Å². The van der Waals surface area contributed by atoms with E-state index in [0.717, 1.165) is 37.1 Å². The van der Waals surface area contributed by atoms with Gasteiger partial charge in [-0.3, -0.25) is 9.59 Å². The van der Waals surface area contributed by atoms with E-state index in [1.165, 1.54) is 23.5 Å². The fourth-order valence-corrected chi connectivity index (χ4v) is 5.04. The molecule has 0 saturated carbocycles. The van der Waals surface area contributed by atoms with E-state index >= 15 is 0 Å². The number of hydrogen-bond acceptors (Lipinski definition) is 4. The Hall–Kier alpha value is -2.28. The van der Waals surface area contributed by atoms with E-state index in [0.29, 0.717) is 24.5 Å². The molecule has 0 radical (unpaired) electrons. The van der Waals surface area contributed by atoms with Crippen LogP contribution in [0.15, 0.2) is 29.8 Å². The number of carbonyl (C=O) groups excluding carboxylic acids is 2. The maximum atomic E-state index is 13.4. The van der Waals surface area contributed by atoms with Crippen molar-refractivity contribution in [3.63, 3.8) is 0 Å². The molecule has 2 aliphatic heterocycles. The topological polar surface area (TPSA) is 53.5 Å². The van der Waals surface area contributed by atoms with Crippen LogP contribution in [0.5, 0.6) is 0 Å². The predicted octanol–water partition coefficient (Wildman–Crippen LogP) is 3.64. The quantitative estimate of drug-likeness (QED) is 0.791. The van der Waals surface area contributed by atoms with E-state index in [4.69, 9.17) is 0 Å². The number of anilines is 1. The highest BCUT2D eigenvalue weighted by atomic mass is 32.1. The Morgan fingerprint density at radius 2 is 1.89 bits per heavy atom. The summed E-state index contributed by atoms with van der Waals surface area (Å²) in [6.07, 6.45) is 3.27. The Kier molecular flexibility index (Phi) is 4.72. The molecule has 2 aliphatic rings. The van der Waals surface area contributed by atoms with Gasteiger partial charge in [0, 0.05) is 25.3 Å². The average Bonchev–Trinajstić information content (AvgIpc) is 3.10. The van der Waals surface area contributed by atoms with Gasteiger partial charge < -0.3 is 9.80 Å². The lowest BCUT2D eigenvalue weighted by atomic mass is 9.72. The Balaban J connectivity index is 1.58. The van der Waals surface area contributed by atoms with Gasteiger partial charge in [-0.1, -0.05) is 0 Å². The third-order valence-corrected chi connectivity index (χ3v) is 6.59. The molecule has 142 valence electrons. The van der Waals surface area contributed by atoms with Gasteiger partial charge in [0.1, 0.15) is 10.7 Å². The van der Waals surface area contributed by atoms with Gasteiger partial charge >= 0.3 is 0 Å². The number of nitrogens with zero attached hydrogens (tertiary/aromatic N) is 3. The Morgan fingerprint density at radius 1 is 1.19 bits per heavy atom. The number of piperidine rings is 2. The van der Waals surface area contributed by atoms with Gasteiger partial charge in [0.25, 0.3) is 5.91 Å². The van der Waals surface area contributed by atoms with Crippen LogP contribution < -0.4 is 4.90 Å². The monoisotopic (exact) mass is 387 g/mol. The number of amides is 2. The van der Waals surface area contributed by atoms with E-state index in [1.807, 2.05) is 11.8 Å². The minimum atomic E-state index is -0.543. The fourth-order valence-electron chi connectivity index (χ4n) is 4.27. The number of aryl methyl sites for hydroxylation is 1. The smallest absolute Gasteiger partial charge is 0.265 e. The van der Waals surface area contributed by atoms with E-state index in [-0.39, 0.29) is 17.6 Å². The van der Waals surface area contributed by atoms with Crippen molar-refractivity contribution in [1.82, 2.24) is 9.88 Å². The second kappa shape index (κ2) is 7.03. The molecule has 7 heteroatoms. The molecule has 1 aromatic carbocycles. The van der Waals surface area contributed by atoms with Crippen molar-refractivity contribution in [1.29, 1.82) is 0 Å². The van der Waals surface area contributed by atoms with Crippen molar-refractivity contribution in [2.75, 3.05) is 24.5 Å². The second-order valence-electron chi connectivity index (χ2n) is 7.41. The SMILES string of the molecule is Cc1ncsc1C(=O)N1CCCC2(CCCN(c3ccc(F)cc3)C2=O)C1. The maximum Gasteiger partial charge on any atom is 0.265 e. The third kappa shape index (κ3) is 3.25. The molecule has 0 bridgehead atoms. The van der Waals surface area contributed by atoms with Gasteiger partial charge in [-0.05, 0) is 56.9 Å². The summed E-state index contributed by atoms with van der Waals surface area (Å²) in [6.45, 7) is 3.58. The molecule has 1 atom stereocenters. The number of hydrogen-bond donors (Lipinski definition) is 0. The second-order valence-corrected chi connectivity index (χ2v) is 8.27.